The van der Waals surface area contributed by atoms with Gasteiger partial charge in [0.15, 0.2) is 0 Å². The second-order valence-electron chi connectivity index (χ2n) is 7.56. The number of aromatic nitrogens is 1. The highest BCUT2D eigenvalue weighted by Crippen LogP contribution is 2.35. The highest BCUT2D eigenvalue weighted by atomic mass is 32.1. The molecule has 0 aromatic carbocycles. The zero-order chi connectivity index (χ0) is 15.8. The van der Waals surface area contributed by atoms with E-state index in [9.17, 15) is 4.79 Å². The molecule has 5 heteroatoms. The molecule has 126 valence electrons. The summed E-state index contributed by atoms with van der Waals surface area (Å²) in [5.74, 6) is 1.52. The summed E-state index contributed by atoms with van der Waals surface area (Å²) < 4.78 is 0. The van der Waals surface area contributed by atoms with E-state index in [2.05, 4.69) is 27.5 Å². The Bertz CT molecular complexity index is 558. The summed E-state index contributed by atoms with van der Waals surface area (Å²) >= 11 is 1.75. The summed E-state index contributed by atoms with van der Waals surface area (Å²) in [4.78, 5) is 19.7. The van der Waals surface area contributed by atoms with Crippen LogP contribution in [0.2, 0.25) is 0 Å². The number of piperidine rings is 1. The molecule has 1 aromatic rings. The summed E-state index contributed by atoms with van der Waals surface area (Å²) in [7, 11) is 0. The van der Waals surface area contributed by atoms with Crippen LogP contribution in [0.4, 0.5) is 0 Å². The van der Waals surface area contributed by atoms with Crippen LogP contribution in [0.1, 0.15) is 61.6 Å². The molecule has 0 bridgehead atoms. The zero-order valence-corrected chi connectivity index (χ0v) is 14.8. The third kappa shape index (κ3) is 3.18. The van der Waals surface area contributed by atoms with E-state index in [1.54, 1.807) is 11.3 Å². The molecule has 4 nitrogen and oxygen atoms in total. The number of rotatable bonds is 2. The lowest BCUT2D eigenvalue weighted by Crippen LogP contribution is -2.48. The smallest absolute Gasteiger partial charge is 0.239 e. The summed E-state index contributed by atoms with van der Waals surface area (Å²) in [5, 5.41) is 6.98. The van der Waals surface area contributed by atoms with Crippen LogP contribution in [-0.4, -0.2) is 41.0 Å². The van der Waals surface area contributed by atoms with Gasteiger partial charge in [0, 0.05) is 36.1 Å². The van der Waals surface area contributed by atoms with Gasteiger partial charge >= 0.3 is 0 Å². The van der Waals surface area contributed by atoms with Gasteiger partial charge in [-0.05, 0) is 44.9 Å². The fourth-order valence-electron chi connectivity index (χ4n) is 4.67. The maximum atomic E-state index is 13.0. The predicted octanol–water partition coefficient (Wildman–Crippen LogP) is 3.08. The second kappa shape index (κ2) is 6.52. The van der Waals surface area contributed by atoms with Crippen molar-refractivity contribution < 1.29 is 4.79 Å². The molecule has 0 radical (unpaired) electrons. The number of carbonyl (C=O) groups is 1. The first kappa shape index (κ1) is 15.6. The minimum Gasteiger partial charge on any atom is -0.341 e. The van der Waals surface area contributed by atoms with Crippen molar-refractivity contribution in [1.82, 2.24) is 15.2 Å². The van der Waals surface area contributed by atoms with Crippen LogP contribution in [0.15, 0.2) is 5.38 Å². The largest absolute Gasteiger partial charge is 0.341 e. The molecule has 1 saturated carbocycles. The molecule has 3 fully saturated rings. The maximum absolute atomic E-state index is 13.0. The molecule has 3 aliphatic rings. The van der Waals surface area contributed by atoms with E-state index in [1.807, 2.05) is 0 Å². The topological polar surface area (TPSA) is 45.2 Å². The molecular formula is C18H27N3OS. The van der Waals surface area contributed by atoms with Crippen molar-refractivity contribution in [3.63, 3.8) is 0 Å². The van der Waals surface area contributed by atoms with Gasteiger partial charge in [-0.2, -0.15) is 0 Å². The molecule has 23 heavy (non-hydrogen) atoms. The molecule has 3 heterocycles. The summed E-state index contributed by atoms with van der Waals surface area (Å²) in [5.41, 5.74) is 1.11. The predicted molar refractivity (Wildman–Crippen MR) is 92.7 cm³/mol. The van der Waals surface area contributed by atoms with E-state index in [0.29, 0.717) is 17.9 Å². The van der Waals surface area contributed by atoms with E-state index in [1.165, 1.54) is 37.1 Å². The van der Waals surface area contributed by atoms with Crippen molar-refractivity contribution in [2.45, 2.75) is 69.9 Å². The Morgan fingerprint density at radius 3 is 2.96 bits per heavy atom. The molecule has 1 N–H and O–H groups in total. The number of amides is 1. The number of hydrogen-bond donors (Lipinski definition) is 1. The minimum atomic E-state index is 0.0693. The maximum Gasteiger partial charge on any atom is 0.239 e. The summed E-state index contributed by atoms with van der Waals surface area (Å²) in [6.45, 7) is 3.84. The van der Waals surface area contributed by atoms with E-state index in [-0.39, 0.29) is 6.04 Å². The van der Waals surface area contributed by atoms with E-state index >= 15 is 0 Å². The number of fused-ring (bicyclic) bond motifs is 1. The van der Waals surface area contributed by atoms with Crippen LogP contribution in [-0.2, 0) is 4.79 Å². The molecule has 0 spiro atoms. The Balaban J connectivity index is 1.40. The number of carbonyl (C=O) groups excluding carboxylic acids is 1. The quantitative estimate of drug-likeness (QED) is 0.905. The van der Waals surface area contributed by atoms with Gasteiger partial charge in [-0.25, -0.2) is 4.98 Å². The van der Waals surface area contributed by atoms with Gasteiger partial charge in [0.05, 0.1) is 11.0 Å². The lowest BCUT2D eigenvalue weighted by Gasteiger charge is -2.33. The molecule has 2 saturated heterocycles. The Hall–Kier alpha value is -0.940. The first-order valence-corrected chi connectivity index (χ1v) is 10.1. The summed E-state index contributed by atoms with van der Waals surface area (Å²) in [6.07, 6.45) is 8.57. The van der Waals surface area contributed by atoms with Gasteiger partial charge < -0.3 is 10.2 Å². The number of thiazole rings is 1. The fraction of sp³-hybridized carbons (Fsp3) is 0.778. The molecular weight excluding hydrogens is 306 g/mol. The standard InChI is InChI=1S/C18H27N3OS/c1-12-11-23-17(19-12)14-6-4-8-21(10-14)18(22)16-9-13-5-2-3-7-15(13)20-16/h11,13-16,20H,2-10H2,1H3. The number of aryl methyl sites for hydroxylation is 1. The second-order valence-corrected chi connectivity index (χ2v) is 8.45. The monoisotopic (exact) mass is 333 g/mol. The molecule has 2 aliphatic heterocycles. The van der Waals surface area contributed by atoms with Gasteiger partial charge in [0.2, 0.25) is 5.91 Å². The minimum absolute atomic E-state index is 0.0693. The van der Waals surface area contributed by atoms with Gasteiger partial charge in [-0.3, -0.25) is 4.79 Å². The van der Waals surface area contributed by atoms with Crippen molar-refractivity contribution >= 4 is 17.2 Å². The Morgan fingerprint density at radius 2 is 2.17 bits per heavy atom. The number of nitrogens with zero attached hydrogens (tertiary/aromatic N) is 2. The highest BCUT2D eigenvalue weighted by molar-refractivity contribution is 7.09. The first-order chi connectivity index (χ1) is 11.2. The molecule has 4 atom stereocenters. The van der Waals surface area contributed by atoms with Crippen molar-refractivity contribution in [1.29, 1.82) is 0 Å². The van der Waals surface area contributed by atoms with Crippen LogP contribution in [0.25, 0.3) is 0 Å². The van der Waals surface area contributed by atoms with Crippen LogP contribution in [0.3, 0.4) is 0 Å². The number of likely N-dealkylation sites (tertiary alicyclic amines) is 1. The third-order valence-electron chi connectivity index (χ3n) is 5.88. The van der Waals surface area contributed by atoms with Crippen LogP contribution < -0.4 is 5.32 Å². The van der Waals surface area contributed by atoms with Gasteiger partial charge in [-0.15, -0.1) is 11.3 Å². The number of nitrogens with one attached hydrogen (secondary N) is 1. The Kier molecular flexibility index (Phi) is 4.41. The highest BCUT2D eigenvalue weighted by Gasteiger charge is 2.40. The van der Waals surface area contributed by atoms with E-state index < -0.39 is 0 Å². The zero-order valence-electron chi connectivity index (χ0n) is 14.0. The van der Waals surface area contributed by atoms with Crippen molar-refractivity contribution in [3.8, 4) is 0 Å². The SMILES string of the molecule is Cc1csc(C2CCCN(C(=O)C3CC4CCCCC4N3)C2)n1. The van der Waals surface area contributed by atoms with Crippen LogP contribution in [0.5, 0.6) is 0 Å². The molecule has 1 aliphatic carbocycles. The lowest BCUT2D eigenvalue weighted by molar-refractivity contribution is -0.134. The Morgan fingerprint density at radius 1 is 1.30 bits per heavy atom. The van der Waals surface area contributed by atoms with Gasteiger partial charge in [0.25, 0.3) is 0 Å². The normalized spacial score (nSPS) is 34.4. The van der Waals surface area contributed by atoms with E-state index in [4.69, 9.17) is 0 Å². The van der Waals surface area contributed by atoms with Crippen molar-refractivity contribution in [2.75, 3.05) is 13.1 Å². The van der Waals surface area contributed by atoms with Gasteiger partial charge in [0.1, 0.15) is 0 Å². The first-order valence-electron chi connectivity index (χ1n) is 9.17. The van der Waals surface area contributed by atoms with Gasteiger partial charge in [-0.1, -0.05) is 12.8 Å². The van der Waals surface area contributed by atoms with Crippen LogP contribution >= 0.6 is 11.3 Å². The third-order valence-corrected chi connectivity index (χ3v) is 7.01. The molecule has 1 aromatic heterocycles. The molecule has 4 unspecified atom stereocenters. The summed E-state index contributed by atoms with van der Waals surface area (Å²) in [6, 6.07) is 0.666. The fourth-order valence-corrected chi connectivity index (χ4v) is 5.59. The lowest BCUT2D eigenvalue weighted by atomic mass is 9.85. The van der Waals surface area contributed by atoms with E-state index in [0.717, 1.165) is 37.5 Å². The number of hydrogen-bond acceptors (Lipinski definition) is 4. The average Bonchev–Trinajstić information content (AvgIpc) is 3.20. The average molecular weight is 334 g/mol. The Labute approximate surface area is 142 Å². The van der Waals surface area contributed by atoms with Crippen molar-refractivity contribution in [3.05, 3.63) is 16.1 Å². The molecule has 1 amide bonds. The molecule has 4 rings (SSSR count). The van der Waals surface area contributed by atoms with Crippen LogP contribution in [0, 0.1) is 12.8 Å². The van der Waals surface area contributed by atoms with Crippen molar-refractivity contribution in [2.24, 2.45) is 5.92 Å².